The van der Waals surface area contributed by atoms with E-state index in [4.69, 9.17) is 14.6 Å². The molecule has 0 saturated carbocycles. The van der Waals surface area contributed by atoms with E-state index in [0.29, 0.717) is 43.1 Å². The van der Waals surface area contributed by atoms with E-state index < -0.39 is 12.3 Å². The first-order valence-electron chi connectivity index (χ1n) is 15.0. The monoisotopic (exact) mass is 627 g/mol. The fourth-order valence-electron chi connectivity index (χ4n) is 5.09. The van der Waals surface area contributed by atoms with Gasteiger partial charge in [0.05, 0.1) is 18.8 Å². The topological polar surface area (TPSA) is 131 Å². The van der Waals surface area contributed by atoms with Crippen LogP contribution in [0.3, 0.4) is 0 Å². The number of aliphatic hydroxyl groups is 1. The van der Waals surface area contributed by atoms with Gasteiger partial charge in [-0.25, -0.2) is 9.97 Å². The zero-order chi connectivity index (χ0) is 31.4. The van der Waals surface area contributed by atoms with Gasteiger partial charge in [-0.1, -0.05) is 78.5 Å². The summed E-state index contributed by atoms with van der Waals surface area (Å²) in [5.41, 5.74) is 5.83. The number of amides is 1. The average molecular weight is 628 g/mol. The van der Waals surface area contributed by atoms with Gasteiger partial charge in [0.1, 0.15) is 0 Å². The third kappa shape index (κ3) is 9.70. The van der Waals surface area contributed by atoms with Crippen LogP contribution in [0.4, 0.5) is 0 Å². The van der Waals surface area contributed by atoms with Gasteiger partial charge in [0.15, 0.2) is 11.4 Å². The zero-order valence-corrected chi connectivity index (χ0v) is 25.7. The molecule has 1 aliphatic rings. The maximum Gasteiger partial charge on any atom is 0.303 e. The highest BCUT2D eigenvalue weighted by molar-refractivity contribution is 7.99. The fourth-order valence-corrected chi connectivity index (χ4v) is 5.91. The molecule has 45 heavy (non-hydrogen) atoms. The van der Waals surface area contributed by atoms with Crippen molar-refractivity contribution in [1.29, 1.82) is 0 Å². The Balaban J connectivity index is 1.24. The lowest BCUT2D eigenvalue weighted by atomic mass is 9.99. The predicted octanol–water partition coefficient (Wildman–Crippen LogP) is 6.23. The molecule has 3 atom stereocenters. The summed E-state index contributed by atoms with van der Waals surface area (Å²) in [7, 11) is 0. The maximum atomic E-state index is 12.2. The molecule has 3 aromatic carbocycles. The molecule has 3 N–H and O–H groups in total. The van der Waals surface area contributed by atoms with Gasteiger partial charge in [0, 0.05) is 49.5 Å². The van der Waals surface area contributed by atoms with Crippen LogP contribution in [0, 0.1) is 0 Å². The number of aliphatic carboxylic acids is 1. The molecule has 10 heteroatoms. The van der Waals surface area contributed by atoms with Gasteiger partial charge in [-0.3, -0.25) is 9.59 Å². The van der Waals surface area contributed by atoms with Crippen LogP contribution in [0.5, 0.6) is 0 Å². The predicted molar refractivity (Wildman–Crippen MR) is 171 cm³/mol. The standard InChI is InChI=1S/C35H37N3O6S/c39-22-24-9-11-27(12-10-24)31-20-30(23-45-35-36-17-4-18-37-35)43-34(44-31)28-15-13-26(14-16-28)29-6-3-5-25(19-29)21-38-32(40)7-1-2-8-33(41)42/h3-6,9-19,30-31,34,39H,1-2,7-8,20-23H2,(H,38,40)(H,41,42). The van der Waals surface area contributed by atoms with Gasteiger partial charge >= 0.3 is 5.97 Å². The fraction of sp³-hybridized carbons (Fsp3) is 0.314. The molecule has 0 radical (unpaired) electrons. The van der Waals surface area contributed by atoms with E-state index in [-0.39, 0.29) is 31.1 Å². The Morgan fingerprint density at radius 1 is 0.844 bits per heavy atom. The van der Waals surface area contributed by atoms with Crippen LogP contribution in [-0.2, 0) is 32.2 Å². The number of carboxylic acid groups (broad SMARTS) is 1. The lowest BCUT2D eigenvalue weighted by Gasteiger charge is -2.36. The van der Waals surface area contributed by atoms with Gasteiger partial charge < -0.3 is 25.0 Å². The van der Waals surface area contributed by atoms with Gasteiger partial charge in [0.25, 0.3) is 0 Å². The smallest absolute Gasteiger partial charge is 0.303 e. The Hall–Kier alpha value is -4.09. The molecule has 1 saturated heterocycles. The minimum absolute atomic E-state index is 0.00600. The summed E-state index contributed by atoms with van der Waals surface area (Å²) in [6, 6.07) is 25.8. The highest BCUT2D eigenvalue weighted by Crippen LogP contribution is 2.39. The normalized spacial score (nSPS) is 17.9. The zero-order valence-electron chi connectivity index (χ0n) is 24.9. The summed E-state index contributed by atoms with van der Waals surface area (Å²) in [5, 5.41) is 21.8. The van der Waals surface area contributed by atoms with Crippen molar-refractivity contribution < 1.29 is 29.3 Å². The molecule has 5 rings (SSSR count). The highest BCUT2D eigenvalue weighted by Gasteiger charge is 2.32. The van der Waals surface area contributed by atoms with E-state index in [0.717, 1.165) is 33.4 Å². The van der Waals surface area contributed by atoms with Crippen molar-refractivity contribution in [3.05, 3.63) is 114 Å². The van der Waals surface area contributed by atoms with E-state index in [2.05, 4.69) is 21.4 Å². The SMILES string of the molecule is O=C(O)CCCCC(=O)NCc1cccc(-c2ccc(C3OC(CSc4ncccn4)CC(c4ccc(CO)cc4)O3)cc2)c1. The first-order chi connectivity index (χ1) is 22.0. The molecule has 9 nitrogen and oxygen atoms in total. The molecule has 3 unspecified atom stereocenters. The van der Waals surface area contributed by atoms with Crippen molar-refractivity contribution in [2.24, 2.45) is 0 Å². The molecule has 1 amide bonds. The van der Waals surface area contributed by atoms with E-state index in [1.54, 1.807) is 30.2 Å². The number of benzene rings is 3. The number of rotatable bonds is 14. The van der Waals surface area contributed by atoms with Gasteiger partial charge in [-0.2, -0.15) is 0 Å². The van der Waals surface area contributed by atoms with E-state index in [9.17, 15) is 14.7 Å². The number of unbranched alkanes of at least 4 members (excludes halogenated alkanes) is 1. The van der Waals surface area contributed by atoms with Crippen LogP contribution in [0.2, 0.25) is 0 Å². The summed E-state index contributed by atoms with van der Waals surface area (Å²) in [4.78, 5) is 31.5. The highest BCUT2D eigenvalue weighted by atomic mass is 32.2. The molecule has 1 fully saturated rings. The van der Waals surface area contributed by atoms with E-state index in [1.807, 2.05) is 66.7 Å². The number of aliphatic hydroxyl groups excluding tert-OH is 1. The van der Waals surface area contributed by atoms with Crippen molar-refractivity contribution in [3.8, 4) is 11.1 Å². The van der Waals surface area contributed by atoms with Crippen molar-refractivity contribution in [3.63, 3.8) is 0 Å². The molecular weight excluding hydrogens is 590 g/mol. The number of carbonyl (C=O) groups is 2. The van der Waals surface area contributed by atoms with Crippen LogP contribution >= 0.6 is 11.8 Å². The maximum absolute atomic E-state index is 12.2. The number of thioether (sulfide) groups is 1. The van der Waals surface area contributed by atoms with Crippen LogP contribution in [-0.4, -0.2) is 43.9 Å². The minimum Gasteiger partial charge on any atom is -0.481 e. The first kappa shape index (κ1) is 32.3. The molecule has 1 aliphatic heterocycles. The third-order valence-corrected chi connectivity index (χ3v) is 8.54. The summed E-state index contributed by atoms with van der Waals surface area (Å²) >= 11 is 1.56. The van der Waals surface area contributed by atoms with E-state index in [1.165, 1.54) is 0 Å². The van der Waals surface area contributed by atoms with Crippen LogP contribution < -0.4 is 5.32 Å². The van der Waals surface area contributed by atoms with Crippen molar-refractivity contribution in [2.75, 3.05) is 5.75 Å². The number of carbonyl (C=O) groups excluding carboxylic acids is 1. The van der Waals surface area contributed by atoms with Crippen LogP contribution in [0.25, 0.3) is 11.1 Å². The van der Waals surface area contributed by atoms with Gasteiger partial charge in [-0.05, 0) is 52.8 Å². The second kappa shape index (κ2) is 16.3. The van der Waals surface area contributed by atoms with E-state index >= 15 is 0 Å². The first-order valence-corrected chi connectivity index (χ1v) is 16.0. The molecular formula is C35H37N3O6S. The number of carboxylic acids is 1. The number of aromatic nitrogens is 2. The lowest BCUT2D eigenvalue weighted by Crippen LogP contribution is -2.31. The molecule has 2 heterocycles. The third-order valence-electron chi connectivity index (χ3n) is 7.53. The Morgan fingerprint density at radius 2 is 1.58 bits per heavy atom. The molecule has 0 bridgehead atoms. The Labute approximate surface area is 267 Å². The number of ether oxygens (including phenoxy) is 2. The average Bonchev–Trinajstić information content (AvgIpc) is 3.09. The summed E-state index contributed by atoms with van der Waals surface area (Å²) in [5.74, 6) is -0.247. The van der Waals surface area contributed by atoms with Crippen molar-refractivity contribution in [2.45, 2.75) is 68.9 Å². The molecule has 1 aromatic heterocycles. The van der Waals surface area contributed by atoms with Crippen molar-refractivity contribution >= 4 is 23.6 Å². The summed E-state index contributed by atoms with van der Waals surface area (Å²) in [6.45, 7) is 0.398. The Kier molecular flexibility index (Phi) is 11.7. The number of nitrogens with one attached hydrogen (secondary N) is 1. The summed E-state index contributed by atoms with van der Waals surface area (Å²) < 4.78 is 12.9. The van der Waals surface area contributed by atoms with Crippen LogP contribution in [0.15, 0.2) is 96.4 Å². The number of nitrogens with zero attached hydrogens (tertiary/aromatic N) is 2. The van der Waals surface area contributed by atoms with Gasteiger partial charge in [0.2, 0.25) is 5.91 Å². The Bertz CT molecular complexity index is 1540. The van der Waals surface area contributed by atoms with Crippen molar-refractivity contribution in [1.82, 2.24) is 15.3 Å². The summed E-state index contributed by atoms with van der Waals surface area (Å²) in [6.07, 6.45) is 4.75. The molecule has 0 spiro atoms. The largest absolute Gasteiger partial charge is 0.481 e. The lowest BCUT2D eigenvalue weighted by molar-refractivity contribution is -0.245. The number of hydrogen-bond donors (Lipinski definition) is 3. The molecule has 0 aliphatic carbocycles. The number of hydrogen-bond acceptors (Lipinski definition) is 8. The second-order valence-electron chi connectivity index (χ2n) is 10.9. The second-order valence-corrected chi connectivity index (χ2v) is 11.9. The van der Waals surface area contributed by atoms with Gasteiger partial charge in [-0.15, -0.1) is 0 Å². The quantitative estimate of drug-likeness (QED) is 0.0845. The van der Waals surface area contributed by atoms with Crippen LogP contribution in [0.1, 0.15) is 66.8 Å². The minimum atomic E-state index is -0.842. The molecule has 4 aromatic rings. The molecule has 234 valence electrons. The Morgan fingerprint density at radius 3 is 2.31 bits per heavy atom.